The number of benzene rings is 1. The third-order valence-electron chi connectivity index (χ3n) is 2.41. The van der Waals surface area contributed by atoms with E-state index in [-0.39, 0.29) is 12.2 Å². The Hall–Kier alpha value is -2.31. The van der Waals surface area contributed by atoms with Crippen molar-refractivity contribution in [3.63, 3.8) is 0 Å². The summed E-state index contributed by atoms with van der Waals surface area (Å²) >= 11 is 0. The Morgan fingerprint density at radius 2 is 2.28 bits per heavy atom. The minimum absolute atomic E-state index is 0.0821. The molecular formula is C11H14N2O5. The van der Waals surface area contributed by atoms with Gasteiger partial charge in [-0.25, -0.2) is 0 Å². The van der Waals surface area contributed by atoms with Crippen molar-refractivity contribution < 1.29 is 19.6 Å². The molecule has 0 heterocycles. The molecule has 0 saturated heterocycles. The molecule has 1 rings (SSSR count). The molecule has 0 bridgehead atoms. The average molecular weight is 254 g/mol. The third-order valence-corrected chi connectivity index (χ3v) is 2.41. The molecule has 98 valence electrons. The highest BCUT2D eigenvalue weighted by atomic mass is 16.6. The van der Waals surface area contributed by atoms with Crippen molar-refractivity contribution in [3.8, 4) is 5.75 Å². The zero-order chi connectivity index (χ0) is 13.7. The third kappa shape index (κ3) is 3.34. The van der Waals surface area contributed by atoms with E-state index in [0.29, 0.717) is 11.4 Å². The summed E-state index contributed by atoms with van der Waals surface area (Å²) in [5.41, 5.74) is 0.320. The number of ether oxygens (including phenoxy) is 1. The van der Waals surface area contributed by atoms with Crippen LogP contribution in [0.2, 0.25) is 0 Å². The number of carbonyl (C=O) groups is 1. The Morgan fingerprint density at radius 3 is 2.78 bits per heavy atom. The monoisotopic (exact) mass is 254 g/mol. The van der Waals surface area contributed by atoms with Crippen LogP contribution in [0.25, 0.3) is 0 Å². The Kier molecular flexibility index (Phi) is 4.47. The molecule has 0 aliphatic carbocycles. The summed E-state index contributed by atoms with van der Waals surface area (Å²) in [6, 6.07) is 4.10. The highest BCUT2D eigenvalue weighted by molar-refractivity contribution is 5.71. The van der Waals surface area contributed by atoms with Crippen molar-refractivity contribution in [2.24, 2.45) is 5.92 Å². The maximum absolute atomic E-state index is 10.7. The van der Waals surface area contributed by atoms with Gasteiger partial charge < -0.3 is 15.2 Å². The predicted octanol–water partition coefficient (Wildman–Crippen LogP) is 1.74. The van der Waals surface area contributed by atoms with Crippen LogP contribution in [0, 0.1) is 16.0 Å². The van der Waals surface area contributed by atoms with Crippen LogP contribution in [-0.2, 0) is 4.79 Å². The van der Waals surface area contributed by atoms with E-state index in [2.05, 4.69) is 5.32 Å². The lowest BCUT2D eigenvalue weighted by atomic mass is 10.2. The van der Waals surface area contributed by atoms with Crippen LogP contribution in [0.5, 0.6) is 5.75 Å². The van der Waals surface area contributed by atoms with E-state index in [1.807, 2.05) is 0 Å². The van der Waals surface area contributed by atoms with Gasteiger partial charge in [0.25, 0.3) is 5.69 Å². The summed E-state index contributed by atoms with van der Waals surface area (Å²) in [6.45, 7) is 1.70. The molecule has 0 amide bonds. The smallest absolute Gasteiger partial charge is 0.308 e. The van der Waals surface area contributed by atoms with Crippen LogP contribution in [0.4, 0.5) is 11.4 Å². The van der Waals surface area contributed by atoms with Gasteiger partial charge in [0, 0.05) is 18.7 Å². The van der Waals surface area contributed by atoms with E-state index < -0.39 is 16.8 Å². The van der Waals surface area contributed by atoms with Crippen molar-refractivity contribution in [1.29, 1.82) is 0 Å². The molecule has 0 fully saturated rings. The molecule has 7 heteroatoms. The lowest BCUT2D eigenvalue weighted by molar-refractivity contribution is -0.384. The van der Waals surface area contributed by atoms with Gasteiger partial charge in [0.1, 0.15) is 5.75 Å². The fourth-order valence-electron chi connectivity index (χ4n) is 1.30. The number of nitrogens with zero attached hydrogens (tertiary/aromatic N) is 1. The number of hydrogen-bond acceptors (Lipinski definition) is 5. The minimum atomic E-state index is -0.938. The molecule has 0 aliphatic heterocycles. The summed E-state index contributed by atoms with van der Waals surface area (Å²) in [5, 5.41) is 22.2. The number of hydrogen-bond donors (Lipinski definition) is 2. The van der Waals surface area contributed by atoms with Gasteiger partial charge in [-0.3, -0.25) is 14.9 Å². The van der Waals surface area contributed by atoms with Crippen LogP contribution in [0.3, 0.4) is 0 Å². The summed E-state index contributed by atoms with van der Waals surface area (Å²) in [4.78, 5) is 20.8. The van der Waals surface area contributed by atoms with Crippen molar-refractivity contribution in [2.75, 3.05) is 19.0 Å². The maximum atomic E-state index is 10.7. The normalized spacial score (nSPS) is 11.7. The number of rotatable bonds is 6. The molecule has 0 spiro atoms. The van der Waals surface area contributed by atoms with Crippen LogP contribution in [0.15, 0.2) is 18.2 Å². The van der Waals surface area contributed by atoms with Gasteiger partial charge in [0.15, 0.2) is 0 Å². The van der Waals surface area contributed by atoms with E-state index in [4.69, 9.17) is 9.84 Å². The zero-order valence-electron chi connectivity index (χ0n) is 10.0. The van der Waals surface area contributed by atoms with Crippen molar-refractivity contribution in [1.82, 2.24) is 0 Å². The number of methoxy groups -OCH3 is 1. The van der Waals surface area contributed by atoms with Crippen LogP contribution in [0.1, 0.15) is 6.92 Å². The Morgan fingerprint density at radius 1 is 1.61 bits per heavy atom. The predicted molar refractivity (Wildman–Crippen MR) is 64.9 cm³/mol. The van der Waals surface area contributed by atoms with Crippen LogP contribution in [-0.4, -0.2) is 29.7 Å². The second kappa shape index (κ2) is 5.85. The van der Waals surface area contributed by atoms with Gasteiger partial charge in [-0.2, -0.15) is 0 Å². The highest BCUT2D eigenvalue weighted by Gasteiger charge is 2.14. The van der Waals surface area contributed by atoms with E-state index >= 15 is 0 Å². The lowest BCUT2D eigenvalue weighted by Crippen LogP contribution is -2.19. The van der Waals surface area contributed by atoms with Gasteiger partial charge >= 0.3 is 5.97 Å². The first-order valence-electron chi connectivity index (χ1n) is 5.24. The average Bonchev–Trinajstić information content (AvgIpc) is 2.35. The van der Waals surface area contributed by atoms with Crippen LogP contribution >= 0.6 is 0 Å². The molecular weight excluding hydrogens is 240 g/mol. The van der Waals surface area contributed by atoms with Gasteiger partial charge in [-0.1, -0.05) is 6.92 Å². The summed E-state index contributed by atoms with van der Waals surface area (Å²) in [7, 11) is 1.44. The SMILES string of the molecule is COc1ccc([N+](=O)[O-])cc1NCC(C)C(=O)O. The van der Waals surface area contributed by atoms with Crippen molar-refractivity contribution in [3.05, 3.63) is 28.3 Å². The van der Waals surface area contributed by atoms with Gasteiger partial charge in [-0.05, 0) is 6.07 Å². The Balaban J connectivity index is 2.88. The lowest BCUT2D eigenvalue weighted by Gasteiger charge is -2.12. The Labute approximate surface area is 104 Å². The number of carboxylic acids is 1. The molecule has 0 aromatic heterocycles. The highest BCUT2D eigenvalue weighted by Crippen LogP contribution is 2.28. The number of nitro groups is 1. The number of anilines is 1. The zero-order valence-corrected chi connectivity index (χ0v) is 10.0. The molecule has 1 aromatic carbocycles. The molecule has 0 saturated carbocycles. The molecule has 0 aliphatic rings. The van der Waals surface area contributed by atoms with E-state index in [1.54, 1.807) is 6.92 Å². The number of aliphatic carboxylic acids is 1. The topological polar surface area (TPSA) is 102 Å². The standard InChI is InChI=1S/C11H14N2O5/c1-7(11(14)15)6-12-9-5-8(13(16)17)3-4-10(9)18-2/h3-5,7,12H,6H2,1-2H3,(H,14,15). The largest absolute Gasteiger partial charge is 0.495 e. The number of nitrogens with one attached hydrogen (secondary N) is 1. The molecule has 1 atom stereocenters. The molecule has 2 N–H and O–H groups in total. The number of nitro benzene ring substituents is 1. The fraction of sp³-hybridized carbons (Fsp3) is 0.364. The van der Waals surface area contributed by atoms with Crippen LogP contribution < -0.4 is 10.1 Å². The second-order valence-electron chi connectivity index (χ2n) is 3.76. The molecule has 1 unspecified atom stereocenters. The number of non-ortho nitro benzene ring substituents is 1. The second-order valence-corrected chi connectivity index (χ2v) is 3.76. The maximum Gasteiger partial charge on any atom is 0.308 e. The first kappa shape index (κ1) is 13.8. The first-order chi connectivity index (χ1) is 8.45. The molecule has 0 radical (unpaired) electrons. The van der Waals surface area contributed by atoms with Gasteiger partial charge in [0.2, 0.25) is 0 Å². The molecule has 7 nitrogen and oxygen atoms in total. The van der Waals surface area contributed by atoms with Gasteiger partial charge in [-0.15, -0.1) is 0 Å². The van der Waals surface area contributed by atoms with Crippen molar-refractivity contribution in [2.45, 2.75) is 6.92 Å². The summed E-state index contributed by atoms with van der Waals surface area (Å²) in [6.07, 6.45) is 0. The quantitative estimate of drug-likeness (QED) is 0.592. The van der Waals surface area contributed by atoms with Crippen molar-refractivity contribution >= 4 is 17.3 Å². The number of carboxylic acid groups (broad SMARTS) is 1. The summed E-state index contributed by atoms with van der Waals surface area (Å²) in [5.74, 6) is -1.11. The van der Waals surface area contributed by atoms with E-state index in [9.17, 15) is 14.9 Å². The van der Waals surface area contributed by atoms with E-state index in [0.717, 1.165) is 0 Å². The minimum Gasteiger partial charge on any atom is -0.495 e. The van der Waals surface area contributed by atoms with Gasteiger partial charge in [0.05, 0.1) is 23.6 Å². The summed E-state index contributed by atoms with van der Waals surface area (Å²) < 4.78 is 5.04. The Bertz CT molecular complexity index is 461. The van der Waals surface area contributed by atoms with E-state index in [1.165, 1.54) is 25.3 Å². The molecule has 18 heavy (non-hydrogen) atoms. The fourth-order valence-corrected chi connectivity index (χ4v) is 1.30. The first-order valence-corrected chi connectivity index (χ1v) is 5.24. The molecule has 1 aromatic rings.